The number of nitrogens with zero attached hydrogens (tertiary/aromatic N) is 2. The van der Waals surface area contributed by atoms with Crippen LogP contribution >= 0.6 is 0 Å². The molecule has 2 N–H and O–H groups in total. The smallest absolute Gasteiger partial charge is 0.238 e. The Balaban J connectivity index is 2.10. The molecule has 1 aromatic heterocycles. The van der Waals surface area contributed by atoms with Gasteiger partial charge in [-0.3, -0.25) is 4.68 Å². The predicted octanol–water partition coefficient (Wildman–Crippen LogP) is 3.71. The van der Waals surface area contributed by atoms with Crippen LogP contribution in [0.1, 0.15) is 26.7 Å². The van der Waals surface area contributed by atoms with E-state index in [0.29, 0.717) is 11.6 Å². The van der Waals surface area contributed by atoms with Crippen molar-refractivity contribution in [3.63, 3.8) is 0 Å². The number of aromatic nitrogens is 2. The average molecular weight is 271 g/mol. The van der Waals surface area contributed by atoms with E-state index in [9.17, 15) is 5.11 Å². The summed E-state index contributed by atoms with van der Waals surface area (Å²) in [5, 5.41) is 21.8. The molecule has 106 valence electrons. The summed E-state index contributed by atoms with van der Waals surface area (Å²) in [6.07, 6.45) is 3.71. The first kappa shape index (κ1) is 14.3. The molecule has 2 aromatic rings. The van der Waals surface area contributed by atoms with Crippen LogP contribution in [0.15, 0.2) is 36.5 Å². The minimum absolute atomic E-state index is 0.0656. The van der Waals surface area contributed by atoms with Gasteiger partial charge in [0.05, 0.1) is 5.56 Å². The quantitative estimate of drug-likeness (QED) is 0.787. The molecule has 0 saturated carbocycles. The molecule has 4 nitrogen and oxygen atoms in total. The fraction of sp³-hybridized carbons (Fsp3) is 0.375. The van der Waals surface area contributed by atoms with E-state index in [1.165, 1.54) is 0 Å². The van der Waals surface area contributed by atoms with Crippen molar-refractivity contribution >= 4 is 5.71 Å². The van der Waals surface area contributed by atoms with E-state index in [-0.39, 0.29) is 5.88 Å². The zero-order valence-electron chi connectivity index (χ0n) is 12.0. The second-order valence-corrected chi connectivity index (χ2v) is 5.07. The van der Waals surface area contributed by atoms with Gasteiger partial charge in [-0.05, 0) is 31.2 Å². The summed E-state index contributed by atoms with van der Waals surface area (Å²) in [5.41, 5.74) is 2.43. The molecule has 0 amide bonds. The van der Waals surface area contributed by atoms with Crippen molar-refractivity contribution in [3.8, 4) is 17.0 Å². The highest BCUT2D eigenvalue weighted by Gasteiger charge is 2.12. The molecule has 1 heterocycles. The maximum atomic E-state index is 9.94. The largest absolute Gasteiger partial charge is 0.492 e. The van der Waals surface area contributed by atoms with E-state index in [2.05, 4.69) is 12.0 Å². The lowest BCUT2D eigenvalue weighted by atomic mass is 9.98. The summed E-state index contributed by atoms with van der Waals surface area (Å²) >= 11 is 0. The highest BCUT2D eigenvalue weighted by Crippen LogP contribution is 2.27. The van der Waals surface area contributed by atoms with Crippen LogP contribution in [-0.4, -0.2) is 20.6 Å². The fourth-order valence-corrected chi connectivity index (χ4v) is 2.36. The zero-order valence-corrected chi connectivity index (χ0v) is 12.0. The Morgan fingerprint density at radius 3 is 2.65 bits per heavy atom. The van der Waals surface area contributed by atoms with Gasteiger partial charge < -0.3 is 10.5 Å². The lowest BCUT2D eigenvalue weighted by Crippen LogP contribution is -2.12. The van der Waals surface area contributed by atoms with Gasteiger partial charge in [0.2, 0.25) is 5.88 Å². The molecule has 0 radical (unpaired) electrons. The summed E-state index contributed by atoms with van der Waals surface area (Å²) in [5.74, 6) is 0.359. The number of hydrogen-bond acceptors (Lipinski definition) is 3. The van der Waals surface area contributed by atoms with Gasteiger partial charge in [-0.15, -0.1) is 5.10 Å². The van der Waals surface area contributed by atoms with Crippen molar-refractivity contribution in [2.24, 2.45) is 5.92 Å². The molecule has 0 bridgehead atoms. The molecule has 4 heteroatoms. The van der Waals surface area contributed by atoms with Crippen LogP contribution in [0.5, 0.6) is 5.88 Å². The number of benzene rings is 1. The average Bonchev–Trinajstić information content (AvgIpc) is 2.81. The lowest BCUT2D eigenvalue weighted by molar-refractivity contribution is 0.428. The van der Waals surface area contributed by atoms with E-state index < -0.39 is 0 Å². The molecular formula is C16H21N3O. The number of rotatable bonds is 6. The van der Waals surface area contributed by atoms with Gasteiger partial charge in [-0.25, -0.2) is 0 Å². The number of nitrogens with one attached hydrogen (secondary N) is 1. The summed E-state index contributed by atoms with van der Waals surface area (Å²) < 4.78 is 1.77. The molecule has 1 atom stereocenters. The molecule has 1 aromatic carbocycles. The Morgan fingerprint density at radius 1 is 1.35 bits per heavy atom. The molecule has 0 aliphatic rings. The third-order valence-corrected chi connectivity index (χ3v) is 3.64. The number of aryl methyl sites for hydroxylation is 1. The van der Waals surface area contributed by atoms with Crippen LogP contribution < -0.4 is 0 Å². The van der Waals surface area contributed by atoms with E-state index in [0.717, 1.165) is 30.5 Å². The molecule has 2 rings (SSSR count). The second kappa shape index (κ2) is 6.37. The van der Waals surface area contributed by atoms with Gasteiger partial charge in [-0.1, -0.05) is 37.3 Å². The van der Waals surface area contributed by atoms with Crippen molar-refractivity contribution in [1.29, 1.82) is 5.41 Å². The Morgan fingerprint density at radius 2 is 2.05 bits per heavy atom. The summed E-state index contributed by atoms with van der Waals surface area (Å²) in [7, 11) is 0. The molecular weight excluding hydrogens is 250 g/mol. The Kier molecular flexibility index (Phi) is 4.56. The van der Waals surface area contributed by atoms with Crippen LogP contribution in [-0.2, 0) is 6.54 Å². The van der Waals surface area contributed by atoms with Gasteiger partial charge in [0, 0.05) is 18.5 Å². The summed E-state index contributed by atoms with van der Waals surface area (Å²) in [4.78, 5) is 0. The molecule has 0 aliphatic carbocycles. The van der Waals surface area contributed by atoms with E-state index in [1.54, 1.807) is 4.68 Å². The van der Waals surface area contributed by atoms with Gasteiger partial charge >= 0.3 is 0 Å². The summed E-state index contributed by atoms with van der Waals surface area (Å²) in [6.45, 7) is 4.66. The monoisotopic (exact) mass is 271 g/mol. The topological polar surface area (TPSA) is 61.9 Å². The Labute approximate surface area is 119 Å². The van der Waals surface area contributed by atoms with Crippen molar-refractivity contribution in [3.05, 3.63) is 36.5 Å². The Hall–Kier alpha value is -2.10. The van der Waals surface area contributed by atoms with Gasteiger partial charge in [-0.2, -0.15) is 0 Å². The van der Waals surface area contributed by atoms with Crippen LogP contribution in [0.2, 0.25) is 0 Å². The molecule has 20 heavy (non-hydrogen) atoms. The molecule has 1 unspecified atom stereocenters. The molecule has 0 aliphatic heterocycles. The van der Waals surface area contributed by atoms with Crippen LogP contribution in [0.3, 0.4) is 0 Å². The normalized spacial score (nSPS) is 12.3. The molecule has 0 saturated heterocycles. The van der Waals surface area contributed by atoms with E-state index in [4.69, 9.17) is 5.41 Å². The minimum Gasteiger partial charge on any atom is -0.492 e. The van der Waals surface area contributed by atoms with Crippen molar-refractivity contribution < 1.29 is 5.11 Å². The first-order valence-electron chi connectivity index (χ1n) is 6.98. The predicted molar refractivity (Wildman–Crippen MR) is 81.1 cm³/mol. The highest BCUT2D eigenvalue weighted by molar-refractivity contribution is 5.81. The van der Waals surface area contributed by atoms with Crippen molar-refractivity contribution in [1.82, 2.24) is 9.78 Å². The number of hydrogen-bond donors (Lipinski definition) is 2. The third-order valence-electron chi connectivity index (χ3n) is 3.64. The van der Waals surface area contributed by atoms with Crippen LogP contribution in [0.25, 0.3) is 11.1 Å². The maximum Gasteiger partial charge on any atom is 0.238 e. The molecule has 0 spiro atoms. The van der Waals surface area contributed by atoms with Crippen molar-refractivity contribution in [2.45, 2.75) is 33.2 Å². The maximum absolute atomic E-state index is 9.94. The van der Waals surface area contributed by atoms with Gasteiger partial charge in [0.1, 0.15) is 0 Å². The standard InChI is InChI=1S/C16H21N3O/c1-3-13(12(2)17)9-10-19-11-15(16(20)18-19)14-7-5-4-6-8-14/h4-8,11,13,17H,3,9-10H2,1-2H3,(H,18,20). The van der Waals surface area contributed by atoms with Crippen LogP contribution in [0.4, 0.5) is 0 Å². The first-order valence-corrected chi connectivity index (χ1v) is 6.98. The third kappa shape index (κ3) is 3.26. The fourth-order valence-electron chi connectivity index (χ4n) is 2.36. The first-order chi connectivity index (χ1) is 9.61. The Bertz CT molecular complexity index is 575. The van der Waals surface area contributed by atoms with E-state index in [1.807, 2.05) is 43.5 Å². The van der Waals surface area contributed by atoms with E-state index >= 15 is 0 Å². The lowest BCUT2D eigenvalue weighted by Gasteiger charge is -2.12. The molecule has 0 fully saturated rings. The highest BCUT2D eigenvalue weighted by atomic mass is 16.3. The SMILES string of the molecule is CCC(CCn1cc(-c2ccccc2)c(O)n1)C(C)=N. The second-order valence-electron chi connectivity index (χ2n) is 5.07. The van der Waals surface area contributed by atoms with Crippen molar-refractivity contribution in [2.75, 3.05) is 0 Å². The van der Waals surface area contributed by atoms with Gasteiger partial charge in [0.25, 0.3) is 0 Å². The number of aromatic hydroxyl groups is 1. The summed E-state index contributed by atoms with van der Waals surface area (Å²) in [6, 6.07) is 9.74. The van der Waals surface area contributed by atoms with Crippen LogP contribution in [0, 0.1) is 11.3 Å². The van der Waals surface area contributed by atoms with Gasteiger partial charge in [0.15, 0.2) is 0 Å². The zero-order chi connectivity index (χ0) is 14.5. The minimum atomic E-state index is 0.0656.